The van der Waals surface area contributed by atoms with Crippen LogP contribution in [0.2, 0.25) is 0 Å². The third-order valence-electron chi connectivity index (χ3n) is 0.824. The van der Waals surface area contributed by atoms with Crippen molar-refractivity contribution in [2.45, 2.75) is 0 Å². The number of allylic oxidation sites excluding steroid dienone is 4. The van der Waals surface area contributed by atoms with E-state index in [0.717, 1.165) is 0 Å². The van der Waals surface area contributed by atoms with Crippen molar-refractivity contribution in [1.82, 2.24) is 0 Å². The maximum Gasteiger partial charge on any atom is 0.178 e. The van der Waals surface area contributed by atoms with Crippen molar-refractivity contribution < 1.29 is 9.59 Å². The van der Waals surface area contributed by atoms with Crippen LogP contribution in [0, 0.1) is 6.58 Å². The van der Waals surface area contributed by atoms with Crippen LogP contribution in [0.5, 0.6) is 0 Å². The summed E-state index contributed by atoms with van der Waals surface area (Å²) in [7, 11) is 0. The average molecular weight is 134 g/mol. The van der Waals surface area contributed by atoms with E-state index in [-0.39, 0.29) is 11.6 Å². The highest BCUT2D eigenvalue weighted by atomic mass is 16.1. The fourth-order valence-corrected chi connectivity index (χ4v) is 0.440. The summed E-state index contributed by atoms with van der Waals surface area (Å²) in [6, 6.07) is 0. The molecule has 0 atom stereocenters. The van der Waals surface area contributed by atoms with Gasteiger partial charge in [-0.05, 0) is 30.9 Å². The minimum absolute atomic E-state index is 0.121. The number of rotatable bonds is 0. The molecule has 0 fully saturated rings. The van der Waals surface area contributed by atoms with Crippen molar-refractivity contribution in [3.8, 4) is 0 Å². The van der Waals surface area contributed by atoms with Crippen molar-refractivity contribution in [3.63, 3.8) is 0 Å². The zero-order chi connectivity index (χ0) is 7.98. The highest BCUT2D eigenvalue weighted by Gasteiger charge is 1.97. The van der Waals surface area contributed by atoms with Crippen molar-refractivity contribution in [3.05, 3.63) is 37.5 Å². The van der Waals surface area contributed by atoms with Crippen LogP contribution in [0.4, 0.5) is 0 Å². The zero-order valence-corrected chi connectivity index (χ0v) is 5.33. The van der Waals surface area contributed by atoms with Gasteiger partial charge in [-0.15, -0.1) is 0 Å². The Morgan fingerprint density at radius 3 is 1.30 bits per heavy atom. The van der Waals surface area contributed by atoms with Crippen molar-refractivity contribution in [1.29, 1.82) is 0 Å². The summed E-state index contributed by atoms with van der Waals surface area (Å²) in [6.45, 7) is 8.00. The number of hydrogen-bond donors (Lipinski definition) is 0. The smallest absolute Gasteiger partial charge is 0.178 e. The number of carbonyl (C=O) groups excluding carboxylic acids is 2. The van der Waals surface area contributed by atoms with Crippen LogP contribution >= 0.6 is 0 Å². The molecule has 0 aliphatic heterocycles. The summed E-state index contributed by atoms with van der Waals surface area (Å²) in [4.78, 5) is 20.6. The molecular formula is C8H6O2. The first-order valence-corrected chi connectivity index (χ1v) is 2.58. The van der Waals surface area contributed by atoms with Crippen molar-refractivity contribution in [2.24, 2.45) is 0 Å². The van der Waals surface area contributed by atoms with Gasteiger partial charge in [-0.3, -0.25) is 9.59 Å². The van der Waals surface area contributed by atoms with E-state index >= 15 is 0 Å². The molecule has 1 aliphatic carbocycles. The molecule has 2 nitrogen and oxygen atoms in total. The first-order valence-electron chi connectivity index (χ1n) is 2.58. The van der Waals surface area contributed by atoms with E-state index in [1.54, 1.807) is 0 Å². The quantitative estimate of drug-likeness (QED) is 0.458. The molecule has 10 heavy (non-hydrogen) atoms. The first kappa shape index (κ1) is 8.56. The minimum atomic E-state index is -0.121. The van der Waals surface area contributed by atoms with Crippen LogP contribution < -0.4 is 0 Å². The Labute approximate surface area is 59.5 Å². The van der Waals surface area contributed by atoms with E-state index in [2.05, 4.69) is 6.58 Å². The SMILES string of the molecule is O=C1C=CC(=O)C=C1.[C]=C. The molecule has 0 unspecified atom stereocenters. The maximum atomic E-state index is 10.3. The lowest BCUT2D eigenvalue weighted by Gasteiger charge is -1.87. The molecule has 1 rings (SSSR count). The first-order chi connectivity index (χ1) is 4.79. The van der Waals surface area contributed by atoms with E-state index < -0.39 is 0 Å². The van der Waals surface area contributed by atoms with Gasteiger partial charge in [0.25, 0.3) is 0 Å². The topological polar surface area (TPSA) is 34.1 Å². The molecule has 0 saturated heterocycles. The second-order valence-electron chi connectivity index (χ2n) is 1.47. The highest BCUT2D eigenvalue weighted by molar-refractivity contribution is 6.14. The van der Waals surface area contributed by atoms with Crippen LogP contribution in [0.3, 0.4) is 0 Å². The molecule has 0 saturated carbocycles. The molecule has 0 N–H and O–H groups in total. The number of ketones is 2. The Bertz CT molecular complexity index is 161. The predicted molar refractivity (Wildman–Crippen MR) is 37.2 cm³/mol. The molecule has 1 aliphatic rings. The van der Waals surface area contributed by atoms with Crippen LogP contribution in [0.1, 0.15) is 0 Å². The van der Waals surface area contributed by atoms with Gasteiger partial charge in [0, 0.05) is 0 Å². The van der Waals surface area contributed by atoms with Gasteiger partial charge in [-0.25, -0.2) is 0 Å². The molecule has 50 valence electrons. The largest absolute Gasteiger partial charge is 0.290 e. The monoisotopic (exact) mass is 134 g/mol. The van der Waals surface area contributed by atoms with Crippen LogP contribution in [0.15, 0.2) is 30.9 Å². The number of hydrogen-bond acceptors (Lipinski definition) is 2. The van der Waals surface area contributed by atoms with Gasteiger partial charge >= 0.3 is 0 Å². The molecule has 0 amide bonds. The normalized spacial score (nSPS) is 14.4. The average Bonchev–Trinajstić information content (AvgIpc) is 2.00. The van der Waals surface area contributed by atoms with Gasteiger partial charge in [0.1, 0.15) is 0 Å². The Hall–Kier alpha value is -1.44. The third-order valence-corrected chi connectivity index (χ3v) is 0.824. The second-order valence-corrected chi connectivity index (χ2v) is 1.47. The van der Waals surface area contributed by atoms with Gasteiger partial charge in [0.05, 0.1) is 0 Å². The third kappa shape index (κ3) is 2.77. The second kappa shape index (κ2) is 4.44. The van der Waals surface area contributed by atoms with Gasteiger partial charge in [0.15, 0.2) is 11.6 Å². The Kier molecular flexibility index (Phi) is 3.80. The summed E-state index contributed by atoms with van der Waals surface area (Å²) in [5, 5.41) is 0. The van der Waals surface area contributed by atoms with E-state index in [1.807, 2.05) is 0 Å². The minimum Gasteiger partial charge on any atom is -0.290 e. The molecule has 0 bridgehead atoms. The van der Waals surface area contributed by atoms with Crippen LogP contribution in [-0.4, -0.2) is 11.6 Å². The molecule has 0 heterocycles. The van der Waals surface area contributed by atoms with Gasteiger partial charge < -0.3 is 0 Å². The van der Waals surface area contributed by atoms with E-state index in [1.165, 1.54) is 24.3 Å². The Morgan fingerprint density at radius 2 is 1.10 bits per heavy atom. The molecule has 0 spiro atoms. The highest BCUT2D eigenvalue weighted by Crippen LogP contribution is 1.90. The summed E-state index contributed by atoms with van der Waals surface area (Å²) in [5.41, 5.74) is 0. The van der Waals surface area contributed by atoms with Gasteiger partial charge in [-0.1, -0.05) is 6.58 Å². The lowest BCUT2D eigenvalue weighted by atomic mass is 10.2. The van der Waals surface area contributed by atoms with Crippen LogP contribution in [-0.2, 0) is 9.59 Å². The van der Waals surface area contributed by atoms with E-state index in [9.17, 15) is 9.59 Å². The van der Waals surface area contributed by atoms with Crippen molar-refractivity contribution >= 4 is 11.6 Å². The summed E-state index contributed by atoms with van der Waals surface area (Å²) < 4.78 is 0. The molecule has 2 radical (unpaired) electrons. The Balaban J connectivity index is 0.000000371. The Morgan fingerprint density at radius 1 is 0.900 bits per heavy atom. The summed E-state index contributed by atoms with van der Waals surface area (Å²) in [5.74, 6) is -0.241. The molecule has 0 aromatic rings. The fourth-order valence-electron chi connectivity index (χ4n) is 0.440. The van der Waals surface area contributed by atoms with E-state index in [4.69, 9.17) is 6.58 Å². The maximum absolute atomic E-state index is 10.3. The van der Waals surface area contributed by atoms with E-state index in [0.29, 0.717) is 0 Å². The van der Waals surface area contributed by atoms with Gasteiger partial charge in [0.2, 0.25) is 0 Å². The fraction of sp³-hybridized carbons (Fsp3) is 0. The molecule has 2 heteroatoms. The standard InChI is InChI=1S/C6H4O2.C2H2/c7-5-1-2-6(8)4-3-5;1-2/h1-4H;1H2. The number of carbonyl (C=O) groups is 2. The zero-order valence-electron chi connectivity index (χ0n) is 5.33. The predicted octanol–water partition coefficient (Wildman–Crippen LogP) is 0.733. The summed E-state index contributed by atoms with van der Waals surface area (Å²) >= 11 is 0. The van der Waals surface area contributed by atoms with Crippen molar-refractivity contribution in [2.75, 3.05) is 0 Å². The van der Waals surface area contributed by atoms with Crippen LogP contribution in [0.25, 0.3) is 0 Å². The molecule has 0 aromatic carbocycles. The summed E-state index contributed by atoms with van der Waals surface area (Å²) in [6.07, 6.45) is 5.01. The lowest BCUT2D eigenvalue weighted by Crippen LogP contribution is -1.97. The van der Waals surface area contributed by atoms with Gasteiger partial charge in [-0.2, -0.15) is 0 Å². The molecular weight excluding hydrogens is 128 g/mol. The molecule has 0 aromatic heterocycles. The lowest BCUT2D eigenvalue weighted by molar-refractivity contribution is -0.113.